The molecule has 3 nitrogen and oxygen atoms in total. The Morgan fingerprint density at radius 2 is 2.00 bits per heavy atom. The van der Waals surface area contributed by atoms with Crippen LogP contribution in [0.4, 0.5) is 0 Å². The quantitative estimate of drug-likeness (QED) is 0.611. The van der Waals surface area contributed by atoms with Crippen molar-refractivity contribution in [3.8, 4) is 0 Å². The molecule has 0 bridgehead atoms. The average Bonchev–Trinajstić information content (AvgIpc) is 1.84. The molecule has 0 unspecified atom stereocenters. The lowest BCUT2D eigenvalue weighted by Crippen LogP contribution is -2.15. The minimum absolute atomic E-state index is 0.101. The highest BCUT2D eigenvalue weighted by Crippen LogP contribution is 1.91. The predicted molar refractivity (Wildman–Crippen MR) is 44.4 cm³/mol. The number of rotatable bonds is 5. The number of methoxy groups -OCH3 is 1. The van der Waals surface area contributed by atoms with Crippen molar-refractivity contribution in [3.63, 3.8) is 0 Å². The first kappa shape index (κ1) is 10.3. The maximum atomic E-state index is 10.9. The summed E-state index contributed by atoms with van der Waals surface area (Å²) in [4.78, 5) is 0. The van der Waals surface area contributed by atoms with Crippen molar-refractivity contribution < 1.29 is 13.2 Å². The van der Waals surface area contributed by atoms with Crippen LogP contribution in [0, 0.1) is 0 Å². The summed E-state index contributed by atoms with van der Waals surface area (Å²) < 4.78 is 26.3. The Balaban J connectivity index is 3.65. The summed E-state index contributed by atoms with van der Waals surface area (Å²) in [5.74, 6) is 0.621. The minimum Gasteiger partial charge on any atom is -0.384 e. The van der Waals surface area contributed by atoms with Gasteiger partial charge in [0.05, 0.1) is 18.1 Å². The van der Waals surface area contributed by atoms with Gasteiger partial charge in [0.1, 0.15) is 0 Å². The average molecular weight is 184 g/mol. The van der Waals surface area contributed by atoms with E-state index in [9.17, 15) is 8.42 Å². The van der Waals surface area contributed by atoms with Gasteiger partial charge in [-0.2, -0.15) is 12.6 Å². The van der Waals surface area contributed by atoms with Gasteiger partial charge in [0.2, 0.25) is 0 Å². The van der Waals surface area contributed by atoms with E-state index in [1.807, 2.05) is 0 Å². The van der Waals surface area contributed by atoms with Gasteiger partial charge >= 0.3 is 0 Å². The van der Waals surface area contributed by atoms with Crippen LogP contribution in [-0.4, -0.2) is 39.4 Å². The summed E-state index contributed by atoms with van der Waals surface area (Å²) in [6.45, 7) is 0.274. The van der Waals surface area contributed by atoms with Crippen molar-refractivity contribution in [2.45, 2.75) is 0 Å². The molecule has 0 heterocycles. The van der Waals surface area contributed by atoms with Gasteiger partial charge in [0.15, 0.2) is 9.84 Å². The van der Waals surface area contributed by atoms with E-state index in [0.29, 0.717) is 5.75 Å². The molecule has 0 radical (unpaired) electrons. The van der Waals surface area contributed by atoms with Crippen LogP contribution in [0.5, 0.6) is 0 Å². The van der Waals surface area contributed by atoms with Gasteiger partial charge in [-0.25, -0.2) is 8.42 Å². The number of hydrogen-bond donors (Lipinski definition) is 1. The molecule has 0 aromatic heterocycles. The third kappa shape index (κ3) is 5.08. The Morgan fingerprint density at radius 3 is 2.40 bits per heavy atom. The van der Waals surface area contributed by atoms with Crippen molar-refractivity contribution in [3.05, 3.63) is 0 Å². The maximum absolute atomic E-state index is 10.9. The van der Waals surface area contributed by atoms with Crippen molar-refractivity contribution >= 4 is 22.5 Å². The lowest BCUT2D eigenvalue weighted by molar-refractivity contribution is 0.217. The van der Waals surface area contributed by atoms with E-state index in [1.165, 1.54) is 7.11 Å². The van der Waals surface area contributed by atoms with Gasteiger partial charge < -0.3 is 4.74 Å². The minimum atomic E-state index is -2.90. The first-order valence-electron chi connectivity index (χ1n) is 2.92. The van der Waals surface area contributed by atoms with Crippen LogP contribution in [0.15, 0.2) is 0 Å². The molecule has 0 amide bonds. The Kier molecular flexibility index (Phi) is 5.11. The van der Waals surface area contributed by atoms with Crippen molar-refractivity contribution in [1.82, 2.24) is 0 Å². The SMILES string of the molecule is COCCS(=O)(=O)CCS. The van der Waals surface area contributed by atoms with Crippen molar-refractivity contribution in [2.75, 3.05) is 31.0 Å². The Morgan fingerprint density at radius 1 is 1.40 bits per heavy atom. The highest BCUT2D eigenvalue weighted by atomic mass is 32.2. The molecule has 0 N–H and O–H groups in total. The standard InChI is InChI=1S/C5H12O3S2/c1-8-2-4-10(6,7)5-3-9/h9H,2-5H2,1H3. The molecular weight excluding hydrogens is 172 g/mol. The first-order valence-corrected chi connectivity index (χ1v) is 5.38. The maximum Gasteiger partial charge on any atom is 0.153 e. The normalized spacial score (nSPS) is 11.8. The molecule has 0 aromatic rings. The Labute approximate surface area is 67.1 Å². The van der Waals surface area contributed by atoms with Gasteiger partial charge in [-0.05, 0) is 0 Å². The molecule has 0 aliphatic heterocycles. The van der Waals surface area contributed by atoms with Gasteiger partial charge in [0.25, 0.3) is 0 Å². The van der Waals surface area contributed by atoms with Gasteiger partial charge in [-0.15, -0.1) is 0 Å². The molecule has 10 heavy (non-hydrogen) atoms. The molecule has 62 valence electrons. The van der Waals surface area contributed by atoms with Crippen LogP contribution >= 0.6 is 12.6 Å². The second-order valence-corrected chi connectivity index (χ2v) is 4.62. The van der Waals surface area contributed by atoms with Crippen LogP contribution in [0.2, 0.25) is 0 Å². The molecule has 0 aromatic carbocycles. The van der Waals surface area contributed by atoms with Crippen LogP contribution in [0.3, 0.4) is 0 Å². The smallest absolute Gasteiger partial charge is 0.153 e. The fourth-order valence-electron chi connectivity index (χ4n) is 0.451. The zero-order valence-electron chi connectivity index (χ0n) is 5.91. The second-order valence-electron chi connectivity index (χ2n) is 1.87. The summed E-state index contributed by atoms with van der Waals surface area (Å²) >= 11 is 3.82. The van der Waals surface area contributed by atoms with Crippen molar-refractivity contribution in [1.29, 1.82) is 0 Å². The summed E-state index contributed by atoms with van der Waals surface area (Å²) in [5.41, 5.74) is 0. The number of sulfone groups is 1. The molecule has 0 fully saturated rings. The summed E-state index contributed by atoms with van der Waals surface area (Å²) in [6, 6.07) is 0. The highest BCUT2D eigenvalue weighted by molar-refractivity contribution is 7.92. The van der Waals surface area contributed by atoms with E-state index in [0.717, 1.165) is 0 Å². The lowest BCUT2D eigenvalue weighted by Gasteiger charge is -1.99. The highest BCUT2D eigenvalue weighted by Gasteiger charge is 2.07. The Hall–Kier alpha value is 0.260. The van der Waals surface area contributed by atoms with E-state index >= 15 is 0 Å². The largest absolute Gasteiger partial charge is 0.384 e. The number of ether oxygens (including phenoxy) is 1. The molecule has 0 rings (SSSR count). The fourth-order valence-corrected chi connectivity index (χ4v) is 2.19. The molecule has 0 saturated heterocycles. The molecule has 0 spiro atoms. The summed E-state index contributed by atoms with van der Waals surface area (Å²) in [5, 5.41) is 0. The van der Waals surface area contributed by atoms with E-state index in [4.69, 9.17) is 0 Å². The molecule has 0 aliphatic rings. The predicted octanol–water partition coefficient (Wildman–Crippen LogP) is -0.0226. The van der Waals surface area contributed by atoms with Crippen LogP contribution in [-0.2, 0) is 14.6 Å². The third-order valence-corrected chi connectivity index (χ3v) is 3.14. The van der Waals surface area contributed by atoms with Crippen LogP contribution in [0.1, 0.15) is 0 Å². The molecule has 0 atom stereocenters. The number of hydrogen-bond acceptors (Lipinski definition) is 4. The van der Waals surface area contributed by atoms with Crippen LogP contribution in [0.25, 0.3) is 0 Å². The first-order chi connectivity index (χ1) is 4.62. The Bertz CT molecular complexity index is 162. The van der Waals surface area contributed by atoms with E-state index in [-0.39, 0.29) is 18.1 Å². The van der Waals surface area contributed by atoms with Gasteiger partial charge in [0, 0.05) is 12.9 Å². The topological polar surface area (TPSA) is 43.4 Å². The second kappa shape index (κ2) is 4.98. The van der Waals surface area contributed by atoms with Crippen LogP contribution < -0.4 is 0 Å². The van der Waals surface area contributed by atoms with E-state index in [2.05, 4.69) is 17.4 Å². The van der Waals surface area contributed by atoms with E-state index < -0.39 is 9.84 Å². The molecular formula is C5H12O3S2. The molecule has 5 heteroatoms. The monoisotopic (exact) mass is 184 g/mol. The lowest BCUT2D eigenvalue weighted by atomic mass is 10.9. The molecule has 0 aliphatic carbocycles. The third-order valence-electron chi connectivity index (χ3n) is 1.00. The molecule has 0 saturated carbocycles. The zero-order chi connectivity index (χ0) is 8.04. The van der Waals surface area contributed by atoms with E-state index in [1.54, 1.807) is 0 Å². The summed E-state index contributed by atoms with van der Waals surface area (Å²) in [6.07, 6.45) is 0. The van der Waals surface area contributed by atoms with Crippen molar-refractivity contribution in [2.24, 2.45) is 0 Å². The van der Waals surface area contributed by atoms with Gasteiger partial charge in [-0.3, -0.25) is 0 Å². The zero-order valence-corrected chi connectivity index (χ0v) is 7.62. The fraction of sp³-hybridized carbons (Fsp3) is 1.00. The number of thiol groups is 1. The van der Waals surface area contributed by atoms with Gasteiger partial charge in [-0.1, -0.05) is 0 Å². The summed E-state index contributed by atoms with van der Waals surface area (Å²) in [7, 11) is -1.41.